The van der Waals surface area contributed by atoms with E-state index in [1.54, 1.807) is 6.92 Å². The molecule has 2 atom stereocenters. The molecule has 0 aromatic heterocycles. The molecule has 1 N–H and O–H groups in total. The Morgan fingerprint density at radius 3 is 2.68 bits per heavy atom. The van der Waals surface area contributed by atoms with E-state index in [0.717, 1.165) is 25.8 Å². The number of hydrogen-bond acceptors (Lipinski definition) is 5. The first-order valence-corrected chi connectivity index (χ1v) is 8.16. The van der Waals surface area contributed by atoms with Crippen LogP contribution in [0, 0.1) is 17.2 Å². The molecule has 2 aliphatic heterocycles. The average molecular weight is 309 g/mol. The van der Waals surface area contributed by atoms with E-state index < -0.39 is 5.54 Å². The number of ether oxygens (including phenoxy) is 2. The van der Waals surface area contributed by atoms with E-state index in [1.165, 1.54) is 0 Å². The Morgan fingerprint density at radius 2 is 2.09 bits per heavy atom. The molecule has 0 bridgehead atoms. The van der Waals surface area contributed by atoms with Gasteiger partial charge in [-0.3, -0.25) is 9.69 Å². The second-order valence-corrected chi connectivity index (χ2v) is 6.66. The maximum atomic E-state index is 12.4. The van der Waals surface area contributed by atoms with Crippen LogP contribution >= 0.6 is 0 Å². The van der Waals surface area contributed by atoms with E-state index in [2.05, 4.69) is 16.3 Å². The molecule has 124 valence electrons. The van der Waals surface area contributed by atoms with Crippen molar-refractivity contribution in [2.45, 2.75) is 57.9 Å². The van der Waals surface area contributed by atoms with Gasteiger partial charge in [0.05, 0.1) is 31.9 Å². The van der Waals surface area contributed by atoms with Crippen LogP contribution in [0.1, 0.15) is 40.0 Å². The molecule has 0 spiro atoms. The first kappa shape index (κ1) is 17.2. The SMILES string of the molecule is CC(C)[C@](C)(C#N)NC(=O)CN1CCCC[C@H]1C1OCCO1. The van der Waals surface area contributed by atoms with Crippen LogP contribution in [0.2, 0.25) is 0 Å². The second-order valence-electron chi connectivity index (χ2n) is 6.66. The van der Waals surface area contributed by atoms with E-state index in [9.17, 15) is 10.1 Å². The van der Waals surface area contributed by atoms with Crippen molar-refractivity contribution in [1.29, 1.82) is 5.26 Å². The zero-order valence-corrected chi connectivity index (χ0v) is 13.8. The van der Waals surface area contributed by atoms with Crippen LogP contribution in [0.5, 0.6) is 0 Å². The summed E-state index contributed by atoms with van der Waals surface area (Å²) in [4.78, 5) is 14.5. The summed E-state index contributed by atoms with van der Waals surface area (Å²) in [5, 5.41) is 12.2. The molecule has 2 heterocycles. The van der Waals surface area contributed by atoms with Crippen molar-refractivity contribution in [3.8, 4) is 6.07 Å². The van der Waals surface area contributed by atoms with Gasteiger partial charge in [-0.15, -0.1) is 0 Å². The standard InChI is InChI=1S/C16H27N3O3/c1-12(2)16(3,11-17)18-14(20)10-19-7-5-4-6-13(19)15-21-8-9-22-15/h12-13,15H,4-10H2,1-3H3,(H,18,20)/t13-,16-/m0/s1. The van der Waals surface area contributed by atoms with Gasteiger partial charge in [-0.2, -0.15) is 5.26 Å². The molecule has 2 saturated heterocycles. The zero-order chi connectivity index (χ0) is 16.2. The third kappa shape index (κ3) is 3.97. The predicted octanol–water partition coefficient (Wildman–Crippen LogP) is 1.27. The van der Waals surface area contributed by atoms with Crippen molar-refractivity contribution in [3.63, 3.8) is 0 Å². The van der Waals surface area contributed by atoms with Crippen molar-refractivity contribution in [3.05, 3.63) is 0 Å². The number of carbonyl (C=O) groups is 1. The minimum absolute atomic E-state index is 0.0556. The summed E-state index contributed by atoms with van der Waals surface area (Å²) in [6.07, 6.45) is 2.97. The lowest BCUT2D eigenvalue weighted by Gasteiger charge is -2.38. The molecular weight excluding hydrogens is 282 g/mol. The topological polar surface area (TPSA) is 74.6 Å². The molecule has 1 amide bonds. The molecule has 0 aromatic rings. The molecule has 0 radical (unpaired) electrons. The summed E-state index contributed by atoms with van der Waals surface area (Å²) in [5.74, 6) is -0.0530. The van der Waals surface area contributed by atoms with Gasteiger partial charge in [-0.05, 0) is 32.2 Å². The van der Waals surface area contributed by atoms with Crippen LogP contribution in [-0.2, 0) is 14.3 Å². The van der Waals surface area contributed by atoms with E-state index in [-0.39, 0.29) is 30.7 Å². The first-order valence-electron chi connectivity index (χ1n) is 8.16. The summed E-state index contributed by atoms with van der Waals surface area (Å²) in [6.45, 7) is 8.06. The van der Waals surface area contributed by atoms with Gasteiger partial charge in [0, 0.05) is 0 Å². The lowest BCUT2D eigenvalue weighted by atomic mass is 9.90. The highest BCUT2D eigenvalue weighted by Gasteiger charge is 2.36. The average Bonchev–Trinajstić information content (AvgIpc) is 3.01. The van der Waals surface area contributed by atoms with Crippen molar-refractivity contribution in [2.24, 2.45) is 5.92 Å². The van der Waals surface area contributed by atoms with Crippen LogP contribution < -0.4 is 5.32 Å². The minimum atomic E-state index is -0.831. The number of piperidine rings is 1. The number of hydrogen-bond donors (Lipinski definition) is 1. The minimum Gasteiger partial charge on any atom is -0.349 e. The van der Waals surface area contributed by atoms with Crippen molar-refractivity contribution in [1.82, 2.24) is 10.2 Å². The van der Waals surface area contributed by atoms with Crippen molar-refractivity contribution < 1.29 is 14.3 Å². The van der Waals surface area contributed by atoms with Crippen LogP contribution in [0.15, 0.2) is 0 Å². The largest absolute Gasteiger partial charge is 0.349 e. The molecule has 6 heteroatoms. The maximum Gasteiger partial charge on any atom is 0.235 e. The molecule has 2 rings (SSSR count). The number of nitrogens with one attached hydrogen (secondary N) is 1. The highest BCUT2D eigenvalue weighted by atomic mass is 16.7. The third-order valence-electron chi connectivity index (χ3n) is 4.76. The van der Waals surface area contributed by atoms with Crippen LogP contribution in [0.25, 0.3) is 0 Å². The molecule has 2 aliphatic rings. The number of carbonyl (C=O) groups excluding carboxylic acids is 1. The van der Waals surface area contributed by atoms with E-state index in [4.69, 9.17) is 9.47 Å². The van der Waals surface area contributed by atoms with Crippen LogP contribution in [0.4, 0.5) is 0 Å². The normalized spacial score (nSPS) is 26.6. The third-order valence-corrected chi connectivity index (χ3v) is 4.76. The van der Waals surface area contributed by atoms with Crippen molar-refractivity contribution in [2.75, 3.05) is 26.3 Å². The lowest BCUT2D eigenvalue weighted by Crippen LogP contribution is -2.55. The Bertz CT molecular complexity index is 429. The van der Waals surface area contributed by atoms with E-state index in [1.807, 2.05) is 13.8 Å². The number of nitrogens with zero attached hydrogens (tertiary/aromatic N) is 2. The van der Waals surface area contributed by atoms with Crippen molar-refractivity contribution >= 4 is 5.91 Å². The number of rotatable bonds is 5. The van der Waals surface area contributed by atoms with Gasteiger partial charge < -0.3 is 14.8 Å². The summed E-state index contributed by atoms with van der Waals surface area (Å²) < 4.78 is 11.2. The van der Waals surface area contributed by atoms with Gasteiger partial charge in [0.15, 0.2) is 6.29 Å². The molecular formula is C16H27N3O3. The van der Waals surface area contributed by atoms with Gasteiger partial charge >= 0.3 is 0 Å². The van der Waals surface area contributed by atoms with E-state index in [0.29, 0.717) is 13.2 Å². The Kier molecular flexibility index (Phi) is 5.79. The van der Waals surface area contributed by atoms with Crippen LogP contribution in [0.3, 0.4) is 0 Å². The fraction of sp³-hybridized carbons (Fsp3) is 0.875. The zero-order valence-electron chi connectivity index (χ0n) is 13.8. The lowest BCUT2D eigenvalue weighted by molar-refractivity contribution is -0.132. The van der Waals surface area contributed by atoms with Gasteiger partial charge in [0.25, 0.3) is 0 Å². The predicted molar refractivity (Wildman–Crippen MR) is 81.9 cm³/mol. The quantitative estimate of drug-likeness (QED) is 0.828. The summed E-state index contributed by atoms with van der Waals surface area (Å²) in [6, 6.07) is 2.35. The molecule has 0 aliphatic carbocycles. The maximum absolute atomic E-state index is 12.4. The Morgan fingerprint density at radius 1 is 1.41 bits per heavy atom. The van der Waals surface area contributed by atoms with Gasteiger partial charge in [0.1, 0.15) is 5.54 Å². The molecule has 22 heavy (non-hydrogen) atoms. The molecule has 0 unspecified atom stereocenters. The van der Waals surface area contributed by atoms with Gasteiger partial charge in [-0.25, -0.2) is 0 Å². The van der Waals surface area contributed by atoms with E-state index >= 15 is 0 Å². The number of likely N-dealkylation sites (tertiary alicyclic amines) is 1. The fourth-order valence-electron chi connectivity index (χ4n) is 2.94. The highest BCUT2D eigenvalue weighted by Crippen LogP contribution is 2.24. The number of nitriles is 1. The molecule has 2 fully saturated rings. The Balaban J connectivity index is 1.95. The molecule has 0 aromatic carbocycles. The second kappa shape index (κ2) is 7.40. The molecule has 6 nitrogen and oxygen atoms in total. The van der Waals surface area contributed by atoms with Crippen LogP contribution in [-0.4, -0.2) is 55.0 Å². The van der Waals surface area contributed by atoms with Gasteiger partial charge in [0.2, 0.25) is 5.91 Å². The first-order chi connectivity index (χ1) is 10.5. The molecule has 0 saturated carbocycles. The Labute approximate surface area is 132 Å². The summed E-state index contributed by atoms with van der Waals surface area (Å²) in [5.41, 5.74) is -0.831. The highest BCUT2D eigenvalue weighted by molar-refractivity contribution is 5.79. The van der Waals surface area contributed by atoms with Gasteiger partial charge in [-0.1, -0.05) is 20.3 Å². The summed E-state index contributed by atoms with van der Waals surface area (Å²) >= 11 is 0. The smallest absolute Gasteiger partial charge is 0.235 e. The monoisotopic (exact) mass is 309 g/mol. The summed E-state index contributed by atoms with van der Waals surface area (Å²) in [7, 11) is 0. The number of amides is 1. The fourth-order valence-corrected chi connectivity index (χ4v) is 2.94. The Hall–Kier alpha value is -1.16.